The first-order valence-electron chi connectivity index (χ1n) is 8.64. The Kier molecular flexibility index (Phi) is 5.78. The van der Waals surface area contributed by atoms with Gasteiger partial charge in [-0.15, -0.1) is 0 Å². The molecule has 1 aliphatic heterocycles. The summed E-state index contributed by atoms with van der Waals surface area (Å²) < 4.78 is 5.20. The molecule has 0 atom stereocenters. The molecule has 0 bridgehead atoms. The van der Waals surface area contributed by atoms with E-state index in [9.17, 15) is 0 Å². The van der Waals surface area contributed by atoms with Gasteiger partial charge in [-0.2, -0.15) is 5.26 Å². The largest absolute Gasteiger partial charge is 0.497 e. The van der Waals surface area contributed by atoms with Crippen molar-refractivity contribution >= 4 is 17.4 Å². The first-order chi connectivity index (χ1) is 12.2. The number of halogens is 1. The van der Waals surface area contributed by atoms with Crippen LogP contribution in [-0.4, -0.2) is 25.2 Å². The molecule has 1 fully saturated rings. The molecule has 1 aromatic carbocycles. The van der Waals surface area contributed by atoms with Gasteiger partial charge in [0.05, 0.1) is 12.1 Å². The van der Waals surface area contributed by atoms with Crippen molar-refractivity contribution in [2.45, 2.75) is 25.7 Å². The van der Waals surface area contributed by atoms with Gasteiger partial charge in [-0.3, -0.25) is 0 Å². The Hall–Kier alpha value is -2.25. The molecule has 130 valence electrons. The number of pyridine rings is 1. The van der Waals surface area contributed by atoms with Crippen LogP contribution in [0.1, 0.15) is 30.5 Å². The van der Waals surface area contributed by atoms with Gasteiger partial charge in [0.1, 0.15) is 17.6 Å². The summed E-state index contributed by atoms with van der Waals surface area (Å²) in [4.78, 5) is 6.62. The Bertz CT molecular complexity index is 747. The van der Waals surface area contributed by atoms with E-state index in [1.807, 2.05) is 18.2 Å². The predicted molar refractivity (Wildman–Crippen MR) is 100 cm³/mol. The van der Waals surface area contributed by atoms with E-state index in [0.717, 1.165) is 49.8 Å². The van der Waals surface area contributed by atoms with Crippen molar-refractivity contribution < 1.29 is 4.74 Å². The van der Waals surface area contributed by atoms with Crippen LogP contribution in [0.5, 0.6) is 5.75 Å². The molecular formula is C20H22ClN3O. The Morgan fingerprint density at radius 3 is 2.56 bits per heavy atom. The minimum Gasteiger partial charge on any atom is -0.497 e. The highest BCUT2D eigenvalue weighted by Gasteiger charge is 2.20. The summed E-state index contributed by atoms with van der Waals surface area (Å²) in [6.45, 7) is 1.96. The molecule has 0 unspecified atom stereocenters. The minimum absolute atomic E-state index is 0.306. The number of methoxy groups -OCH3 is 1. The van der Waals surface area contributed by atoms with Crippen LogP contribution in [0, 0.1) is 17.2 Å². The van der Waals surface area contributed by atoms with Crippen LogP contribution in [-0.2, 0) is 6.42 Å². The van der Waals surface area contributed by atoms with Crippen LogP contribution >= 0.6 is 11.6 Å². The van der Waals surface area contributed by atoms with Gasteiger partial charge in [0.2, 0.25) is 0 Å². The van der Waals surface area contributed by atoms with Crippen molar-refractivity contribution in [1.82, 2.24) is 4.98 Å². The molecule has 1 saturated heterocycles. The molecule has 3 rings (SSSR count). The molecule has 2 aromatic rings. The highest BCUT2D eigenvalue weighted by atomic mass is 35.5. The molecule has 0 spiro atoms. The van der Waals surface area contributed by atoms with Gasteiger partial charge in [-0.05, 0) is 61.4 Å². The van der Waals surface area contributed by atoms with Crippen LogP contribution in [0.2, 0.25) is 5.02 Å². The van der Waals surface area contributed by atoms with Crippen molar-refractivity contribution in [1.29, 1.82) is 5.26 Å². The van der Waals surface area contributed by atoms with Gasteiger partial charge in [0.25, 0.3) is 0 Å². The second-order valence-corrected chi connectivity index (χ2v) is 6.84. The maximum absolute atomic E-state index is 9.07. The third-order valence-corrected chi connectivity index (χ3v) is 5.18. The third-order valence-electron chi connectivity index (χ3n) is 4.88. The normalized spacial score (nSPS) is 15.0. The van der Waals surface area contributed by atoms with E-state index in [1.165, 1.54) is 12.0 Å². The quantitative estimate of drug-likeness (QED) is 0.794. The van der Waals surface area contributed by atoms with E-state index in [-0.39, 0.29) is 0 Å². The highest BCUT2D eigenvalue weighted by Crippen LogP contribution is 2.27. The molecule has 2 heterocycles. The van der Waals surface area contributed by atoms with Crippen molar-refractivity contribution in [3.05, 3.63) is 52.7 Å². The summed E-state index contributed by atoms with van der Waals surface area (Å²) in [5.41, 5.74) is 1.67. The van der Waals surface area contributed by atoms with Crippen molar-refractivity contribution in [3.8, 4) is 11.8 Å². The number of aromatic nitrogens is 1. The molecule has 0 N–H and O–H groups in total. The lowest BCUT2D eigenvalue weighted by Crippen LogP contribution is -2.34. The average molecular weight is 356 g/mol. The van der Waals surface area contributed by atoms with Gasteiger partial charge < -0.3 is 9.64 Å². The fourth-order valence-corrected chi connectivity index (χ4v) is 3.45. The third kappa shape index (κ3) is 4.43. The summed E-state index contributed by atoms with van der Waals surface area (Å²) in [5, 5.41) is 9.49. The number of anilines is 1. The number of nitrogens with zero attached hydrogens (tertiary/aromatic N) is 3. The maximum Gasteiger partial charge on any atom is 0.161 e. The molecule has 0 aliphatic carbocycles. The van der Waals surface area contributed by atoms with E-state index in [2.05, 4.69) is 28.1 Å². The van der Waals surface area contributed by atoms with E-state index in [1.54, 1.807) is 13.2 Å². The minimum atomic E-state index is 0.306. The van der Waals surface area contributed by atoms with Crippen LogP contribution in [0.4, 0.5) is 5.82 Å². The number of nitriles is 1. The van der Waals surface area contributed by atoms with Gasteiger partial charge in [0.15, 0.2) is 5.69 Å². The summed E-state index contributed by atoms with van der Waals surface area (Å²) in [7, 11) is 1.69. The molecule has 0 amide bonds. The Morgan fingerprint density at radius 2 is 1.92 bits per heavy atom. The number of rotatable bonds is 5. The van der Waals surface area contributed by atoms with E-state index in [4.69, 9.17) is 21.6 Å². The van der Waals surface area contributed by atoms with Gasteiger partial charge in [0, 0.05) is 13.1 Å². The zero-order chi connectivity index (χ0) is 17.6. The van der Waals surface area contributed by atoms with Crippen LogP contribution < -0.4 is 9.64 Å². The highest BCUT2D eigenvalue weighted by molar-refractivity contribution is 6.31. The molecule has 1 aliphatic rings. The maximum atomic E-state index is 9.07. The SMILES string of the molecule is COc1ccc(CCC2CCN(c3ccc(Cl)c(C#N)n3)CC2)cc1. The van der Waals surface area contributed by atoms with Crippen molar-refractivity contribution in [2.24, 2.45) is 5.92 Å². The Labute approximate surface area is 154 Å². The molecule has 0 radical (unpaired) electrons. The average Bonchev–Trinajstić information content (AvgIpc) is 2.67. The van der Waals surface area contributed by atoms with Crippen LogP contribution in [0.25, 0.3) is 0 Å². The first-order valence-corrected chi connectivity index (χ1v) is 9.02. The van der Waals surface area contributed by atoms with Crippen molar-refractivity contribution in [3.63, 3.8) is 0 Å². The monoisotopic (exact) mass is 355 g/mol. The van der Waals surface area contributed by atoms with Gasteiger partial charge in [-0.25, -0.2) is 4.98 Å². The predicted octanol–water partition coefficient (Wildman–Crippen LogP) is 4.46. The first kappa shape index (κ1) is 17.6. The summed E-state index contributed by atoms with van der Waals surface area (Å²) in [6, 6.07) is 14.1. The number of hydrogen-bond donors (Lipinski definition) is 0. The second-order valence-electron chi connectivity index (χ2n) is 6.43. The smallest absolute Gasteiger partial charge is 0.161 e. The van der Waals surface area contributed by atoms with Crippen LogP contribution in [0.3, 0.4) is 0 Å². The Morgan fingerprint density at radius 1 is 1.20 bits per heavy atom. The van der Waals surface area contributed by atoms with E-state index >= 15 is 0 Å². The molecule has 0 saturated carbocycles. The lowest BCUT2D eigenvalue weighted by molar-refractivity contribution is 0.380. The van der Waals surface area contributed by atoms with Crippen molar-refractivity contribution in [2.75, 3.05) is 25.1 Å². The summed E-state index contributed by atoms with van der Waals surface area (Å²) in [5.74, 6) is 2.50. The second kappa shape index (κ2) is 8.22. The fraction of sp³-hybridized carbons (Fsp3) is 0.400. The summed E-state index contributed by atoms with van der Waals surface area (Å²) in [6.07, 6.45) is 4.62. The molecular weight excluding hydrogens is 334 g/mol. The summed E-state index contributed by atoms with van der Waals surface area (Å²) >= 11 is 5.97. The zero-order valence-electron chi connectivity index (χ0n) is 14.4. The number of ether oxygens (including phenoxy) is 1. The fourth-order valence-electron chi connectivity index (χ4n) is 3.30. The molecule has 25 heavy (non-hydrogen) atoms. The number of benzene rings is 1. The number of hydrogen-bond acceptors (Lipinski definition) is 4. The lowest BCUT2D eigenvalue weighted by Gasteiger charge is -2.33. The van der Waals surface area contributed by atoms with Gasteiger partial charge >= 0.3 is 0 Å². The Balaban J connectivity index is 1.50. The molecule has 5 heteroatoms. The zero-order valence-corrected chi connectivity index (χ0v) is 15.2. The van der Waals surface area contributed by atoms with E-state index in [0.29, 0.717) is 10.7 Å². The molecule has 4 nitrogen and oxygen atoms in total. The van der Waals surface area contributed by atoms with E-state index < -0.39 is 0 Å². The number of aryl methyl sites for hydroxylation is 1. The van der Waals surface area contributed by atoms with Gasteiger partial charge in [-0.1, -0.05) is 23.7 Å². The van der Waals surface area contributed by atoms with Crippen LogP contribution in [0.15, 0.2) is 36.4 Å². The topological polar surface area (TPSA) is 49.1 Å². The standard InChI is InChI=1S/C20H22ClN3O/c1-25-17-6-4-15(5-7-17)2-3-16-10-12-24(13-11-16)20-9-8-18(21)19(14-22)23-20/h4-9,16H,2-3,10-13H2,1H3. The lowest BCUT2D eigenvalue weighted by atomic mass is 9.90. The molecule has 1 aromatic heterocycles. The number of piperidine rings is 1.